The number of amides is 4. The molecule has 4 fully saturated rings. The van der Waals surface area contributed by atoms with Crippen LogP contribution < -0.4 is 16.1 Å². The molecule has 16 nitrogen and oxygen atoms in total. The van der Waals surface area contributed by atoms with Gasteiger partial charge in [0.05, 0.1) is 35.6 Å². The number of nitrogens with zero attached hydrogens (tertiary/aromatic N) is 5. The molecule has 356 valence electrons. The molecule has 4 saturated heterocycles. The molecule has 2 aromatic carbocycles. The summed E-state index contributed by atoms with van der Waals surface area (Å²) in [4.78, 5) is 78.4. The highest BCUT2D eigenvalue weighted by atomic mass is 16.5. The number of carbonyl (C=O) groups excluding carboxylic acids is 5. The molecular weight excluding hydrogens is 853 g/mol. The number of hydrogen-bond donors (Lipinski definition) is 4. The lowest BCUT2D eigenvalue weighted by Crippen LogP contribution is -2.64. The van der Waals surface area contributed by atoms with Crippen LogP contribution in [0.15, 0.2) is 54.7 Å². The van der Waals surface area contributed by atoms with Crippen molar-refractivity contribution in [1.82, 2.24) is 40.4 Å². The summed E-state index contributed by atoms with van der Waals surface area (Å²) < 4.78 is 14.2. The largest absolute Gasteiger partial charge is 0.508 e. The van der Waals surface area contributed by atoms with Gasteiger partial charge < -0.3 is 39.6 Å². The van der Waals surface area contributed by atoms with E-state index in [1.807, 2.05) is 39.0 Å². The molecule has 0 unspecified atom stereocenters. The molecule has 67 heavy (non-hydrogen) atoms. The summed E-state index contributed by atoms with van der Waals surface area (Å²) in [6.07, 6.45) is 3.54. The van der Waals surface area contributed by atoms with E-state index in [-0.39, 0.29) is 55.2 Å². The maximum atomic E-state index is 14.8. The number of benzene rings is 2. The van der Waals surface area contributed by atoms with E-state index in [9.17, 15) is 29.1 Å². The molecule has 0 saturated carbocycles. The fourth-order valence-corrected chi connectivity index (χ4v) is 10.8. The van der Waals surface area contributed by atoms with Crippen LogP contribution in [0, 0.1) is 16.7 Å². The predicted octanol–water partition coefficient (Wildman–Crippen LogP) is 4.51. The maximum absolute atomic E-state index is 14.8. The highest BCUT2D eigenvalue weighted by Crippen LogP contribution is 2.44. The summed E-state index contributed by atoms with van der Waals surface area (Å²) in [5.74, 6) is -1.86. The Kier molecular flexibility index (Phi) is 12.4. The van der Waals surface area contributed by atoms with Gasteiger partial charge in [0.15, 0.2) is 0 Å². The van der Waals surface area contributed by atoms with E-state index in [2.05, 4.69) is 59.6 Å². The Morgan fingerprint density at radius 3 is 2.54 bits per heavy atom. The summed E-state index contributed by atoms with van der Waals surface area (Å²) in [6.45, 7) is 14.7. The lowest BCUT2D eigenvalue weighted by atomic mass is 9.78. The van der Waals surface area contributed by atoms with Gasteiger partial charge in [-0.15, -0.1) is 0 Å². The number of aromatic nitrogens is 2. The molecular formula is C51H64N8O8. The number of ether oxygens (including phenoxy) is 2. The first kappa shape index (κ1) is 46.3. The number of fused-ring (bicyclic) bond motifs is 6. The van der Waals surface area contributed by atoms with Gasteiger partial charge in [-0.1, -0.05) is 39.8 Å². The third-order valence-electron chi connectivity index (χ3n) is 14.5. The highest BCUT2D eigenvalue weighted by molar-refractivity contribution is 5.97. The molecule has 4 amide bonds. The molecule has 4 aromatic rings. The van der Waals surface area contributed by atoms with Gasteiger partial charge >= 0.3 is 5.97 Å². The second kappa shape index (κ2) is 18.0. The van der Waals surface area contributed by atoms with Crippen LogP contribution in [0.1, 0.15) is 83.7 Å². The molecule has 0 radical (unpaired) electrons. The summed E-state index contributed by atoms with van der Waals surface area (Å²) in [5, 5.41) is 19.9. The summed E-state index contributed by atoms with van der Waals surface area (Å²) in [5.41, 5.74) is 8.89. The number of nitrogens with one attached hydrogen (secondary N) is 3. The number of aromatic hydroxyl groups is 1. The van der Waals surface area contributed by atoms with Crippen LogP contribution in [-0.4, -0.2) is 130 Å². The van der Waals surface area contributed by atoms with Crippen LogP contribution in [0.2, 0.25) is 0 Å². The van der Waals surface area contributed by atoms with Gasteiger partial charge in [-0.05, 0) is 104 Å². The molecule has 0 aliphatic carbocycles. The third kappa shape index (κ3) is 8.79. The average Bonchev–Trinajstić information content (AvgIpc) is 4.04. The van der Waals surface area contributed by atoms with E-state index in [1.54, 1.807) is 35.2 Å². The number of phenols is 1. The minimum atomic E-state index is -1.14. The number of phenolic OH excluding ortho intramolecular Hbond substituents is 1. The Balaban J connectivity index is 1.09. The highest BCUT2D eigenvalue weighted by Gasteiger charge is 2.59. The van der Waals surface area contributed by atoms with E-state index in [0.29, 0.717) is 64.0 Å². The van der Waals surface area contributed by atoms with E-state index in [1.165, 1.54) is 5.01 Å². The van der Waals surface area contributed by atoms with Crippen molar-refractivity contribution in [3.05, 3.63) is 71.5 Å². The quantitative estimate of drug-likeness (QED) is 0.136. The van der Waals surface area contributed by atoms with Gasteiger partial charge in [-0.3, -0.25) is 34.0 Å². The normalized spacial score (nSPS) is 23.5. The van der Waals surface area contributed by atoms with Gasteiger partial charge in [-0.2, -0.15) is 0 Å². The summed E-state index contributed by atoms with van der Waals surface area (Å²) >= 11 is 0. The zero-order valence-electron chi connectivity index (χ0n) is 39.7. The Bertz CT molecular complexity index is 2610. The number of pyridine rings is 1. The Labute approximate surface area is 391 Å². The van der Waals surface area contributed by atoms with Crippen molar-refractivity contribution < 1.29 is 38.6 Å². The number of likely N-dealkylation sites (tertiary alicyclic amines) is 2. The van der Waals surface area contributed by atoms with Gasteiger partial charge in [0.2, 0.25) is 17.7 Å². The number of hydrazine groups is 1. The molecule has 4 N–H and O–H groups in total. The molecule has 5 aliphatic heterocycles. The number of carbonyl (C=O) groups is 5. The zero-order valence-corrected chi connectivity index (χ0v) is 39.7. The number of rotatable bonds is 9. The minimum Gasteiger partial charge on any atom is -0.508 e. The van der Waals surface area contributed by atoms with E-state index in [4.69, 9.17) is 14.5 Å². The molecule has 5 aliphatic rings. The first-order chi connectivity index (χ1) is 32.0. The van der Waals surface area contributed by atoms with Crippen LogP contribution in [0.4, 0.5) is 0 Å². The molecule has 7 heterocycles. The SMILES string of the molecule is CCn1c(-c2cccnc2[C@H](C)OC)c2c3cc(ccc31)-c1cc(O)cc(c1)C[C@H](NC(=O)[C@H](C(C)C)N1CCC3(CN(C(=O)[C@H]4CN4)C3)C1=O)C(=O)N1CCC[C@H](N1)C(=O)OCC(C)(C)C2. The third-order valence-corrected chi connectivity index (χ3v) is 14.5. The Hall–Kier alpha value is -5.84. The monoisotopic (exact) mass is 916 g/mol. The van der Waals surface area contributed by atoms with Gasteiger partial charge in [0, 0.05) is 80.9 Å². The average molecular weight is 917 g/mol. The molecule has 5 atom stereocenters. The van der Waals surface area contributed by atoms with Gasteiger partial charge in [-0.25, -0.2) is 5.43 Å². The fourth-order valence-electron chi connectivity index (χ4n) is 10.8. The zero-order chi connectivity index (χ0) is 47.5. The number of methoxy groups -OCH3 is 1. The molecule has 6 bridgehead atoms. The standard InChI is InChI=1S/C51H64N8O8/c1-8-57-41-14-13-32-23-36(41)37(44(57)35-11-9-16-52-42(35)30(4)66-7)24-50(5,6)28-67-48(64)38-12-10-17-59(55-38)47(63)39(21-31-19-33(32)22-34(60)20-31)54-45(61)43(29(2)3)58-18-15-51(49(58)65)26-56(27-51)46(62)40-25-53-40/h9,11,13-14,16,19-20,22-23,29-30,38-40,43,53,55,60H,8,10,12,15,17-18,21,24-28H2,1-7H3,(H,54,61)/t30-,38-,39-,40+,43-/m0/s1. The van der Waals surface area contributed by atoms with Crippen LogP contribution in [0.25, 0.3) is 33.3 Å². The van der Waals surface area contributed by atoms with Crippen molar-refractivity contribution in [3.8, 4) is 28.1 Å². The van der Waals surface area contributed by atoms with Crippen LogP contribution in [0.3, 0.4) is 0 Å². The fraction of sp³-hybridized carbons (Fsp3) is 0.529. The van der Waals surface area contributed by atoms with Crippen LogP contribution in [-0.2, 0) is 52.8 Å². The number of esters is 1. The first-order valence-corrected chi connectivity index (χ1v) is 23.9. The topological polar surface area (TPSA) is 198 Å². The van der Waals surface area contributed by atoms with E-state index >= 15 is 0 Å². The van der Waals surface area contributed by atoms with E-state index < -0.39 is 46.7 Å². The summed E-state index contributed by atoms with van der Waals surface area (Å²) in [6, 6.07) is 12.5. The maximum Gasteiger partial charge on any atom is 0.324 e. The van der Waals surface area contributed by atoms with Gasteiger partial charge in [0.25, 0.3) is 5.91 Å². The molecule has 9 rings (SSSR count). The van der Waals surface area contributed by atoms with Crippen molar-refractivity contribution in [3.63, 3.8) is 0 Å². The first-order valence-electron chi connectivity index (χ1n) is 23.9. The van der Waals surface area contributed by atoms with Crippen molar-refractivity contribution in [1.29, 1.82) is 0 Å². The molecule has 16 heteroatoms. The second-order valence-corrected chi connectivity index (χ2v) is 20.4. The molecule has 2 aromatic heterocycles. The van der Waals surface area contributed by atoms with Crippen molar-refractivity contribution >= 4 is 40.5 Å². The lowest BCUT2D eigenvalue weighted by molar-refractivity contribution is -0.157. The predicted molar refractivity (Wildman–Crippen MR) is 251 cm³/mol. The smallest absolute Gasteiger partial charge is 0.324 e. The Morgan fingerprint density at radius 1 is 1.04 bits per heavy atom. The van der Waals surface area contributed by atoms with Gasteiger partial charge in [0.1, 0.15) is 23.9 Å². The van der Waals surface area contributed by atoms with Crippen molar-refractivity contribution in [2.75, 3.05) is 46.4 Å². The molecule has 1 spiro atoms. The number of cyclic esters (lactones) is 1. The number of aryl methyl sites for hydroxylation is 1. The van der Waals surface area contributed by atoms with Crippen molar-refractivity contribution in [2.24, 2.45) is 16.7 Å². The second-order valence-electron chi connectivity index (χ2n) is 20.4. The lowest BCUT2D eigenvalue weighted by Gasteiger charge is -2.46. The number of hydrogen-bond acceptors (Lipinski definition) is 11. The Morgan fingerprint density at radius 2 is 1.82 bits per heavy atom. The minimum absolute atomic E-state index is 0.00123. The van der Waals surface area contributed by atoms with Crippen LogP contribution in [0.5, 0.6) is 5.75 Å². The van der Waals surface area contributed by atoms with E-state index in [0.717, 1.165) is 44.5 Å². The van der Waals surface area contributed by atoms with Crippen LogP contribution >= 0.6 is 0 Å². The van der Waals surface area contributed by atoms with Crippen molar-refractivity contribution in [2.45, 2.75) is 110 Å². The summed E-state index contributed by atoms with van der Waals surface area (Å²) in [7, 11) is 1.67.